The summed E-state index contributed by atoms with van der Waals surface area (Å²) in [6.45, 7) is 1.06. The van der Waals surface area contributed by atoms with Gasteiger partial charge in [-0.25, -0.2) is 9.37 Å². The highest BCUT2D eigenvalue weighted by Crippen LogP contribution is 2.17. The number of rotatable bonds is 5. The van der Waals surface area contributed by atoms with Crippen LogP contribution in [0.3, 0.4) is 0 Å². The monoisotopic (exact) mass is 231 g/mol. The maximum absolute atomic E-state index is 12.8. The van der Waals surface area contributed by atoms with E-state index in [9.17, 15) is 4.39 Å². The van der Waals surface area contributed by atoms with Gasteiger partial charge < -0.3 is 4.57 Å². The highest BCUT2D eigenvalue weighted by Gasteiger charge is 2.02. The Morgan fingerprint density at radius 1 is 1.18 bits per heavy atom. The molecule has 0 fully saturated rings. The van der Waals surface area contributed by atoms with Crippen LogP contribution in [-0.4, -0.2) is 16.1 Å². The zero-order chi connectivity index (χ0) is 12.1. The van der Waals surface area contributed by atoms with Gasteiger partial charge in [0.1, 0.15) is 5.82 Å². The van der Waals surface area contributed by atoms with Crippen LogP contribution in [0.2, 0.25) is 0 Å². The minimum Gasteiger partial charge on any atom is -0.337 e. The van der Waals surface area contributed by atoms with Crippen molar-refractivity contribution >= 4 is 0 Å². The van der Waals surface area contributed by atoms with Gasteiger partial charge in [-0.2, -0.15) is 0 Å². The van der Waals surface area contributed by atoms with Crippen molar-refractivity contribution < 1.29 is 4.39 Å². The first-order valence-corrected chi connectivity index (χ1v) is 5.68. The average Bonchev–Trinajstić information content (AvgIpc) is 2.79. The zero-order valence-electron chi connectivity index (χ0n) is 9.51. The van der Waals surface area contributed by atoms with Gasteiger partial charge >= 0.3 is 0 Å². The van der Waals surface area contributed by atoms with Gasteiger partial charge in [-0.15, -0.1) is 5.73 Å². The fraction of sp³-hybridized carbons (Fsp3) is 0.308. The Bertz CT molecular complexity index is 462. The SMILES string of the molecule is [N]CCCCn1cnc(-c2ccc(F)cc2)c1. The summed E-state index contributed by atoms with van der Waals surface area (Å²) in [5.41, 5.74) is 10.4. The highest BCUT2D eigenvalue weighted by molar-refractivity contribution is 5.57. The quantitative estimate of drug-likeness (QED) is 0.729. The van der Waals surface area contributed by atoms with Crippen molar-refractivity contribution in [1.29, 1.82) is 0 Å². The average molecular weight is 231 g/mol. The van der Waals surface area contributed by atoms with Gasteiger partial charge in [0.25, 0.3) is 0 Å². The van der Waals surface area contributed by atoms with Crippen LogP contribution in [0.4, 0.5) is 4.39 Å². The van der Waals surface area contributed by atoms with Gasteiger partial charge in [0.2, 0.25) is 0 Å². The number of halogens is 1. The minimum atomic E-state index is -0.240. The van der Waals surface area contributed by atoms with E-state index in [0.717, 1.165) is 30.6 Å². The third kappa shape index (κ3) is 3.14. The van der Waals surface area contributed by atoms with Crippen LogP contribution in [0.5, 0.6) is 0 Å². The second-order valence-electron chi connectivity index (χ2n) is 3.93. The standard InChI is InChI=1S/C13H14FN3/c14-12-5-3-11(4-6-12)13-9-17(10-16-13)8-2-1-7-15/h3-6,9-10H,1-2,7-8H2. The Morgan fingerprint density at radius 2 is 1.94 bits per heavy atom. The fourth-order valence-corrected chi connectivity index (χ4v) is 1.66. The molecule has 1 heterocycles. The fourth-order valence-electron chi connectivity index (χ4n) is 1.66. The van der Waals surface area contributed by atoms with Crippen LogP contribution in [-0.2, 0) is 6.54 Å². The number of imidazole rings is 1. The molecule has 0 saturated carbocycles. The molecule has 0 atom stereocenters. The van der Waals surface area contributed by atoms with E-state index in [1.165, 1.54) is 12.1 Å². The molecule has 3 nitrogen and oxygen atoms in total. The molecular weight excluding hydrogens is 217 g/mol. The molecule has 0 aliphatic rings. The number of unbranched alkanes of at least 4 members (excludes halogenated alkanes) is 1. The van der Waals surface area contributed by atoms with Crippen molar-refractivity contribution in [3.05, 3.63) is 42.6 Å². The second-order valence-corrected chi connectivity index (χ2v) is 3.93. The zero-order valence-corrected chi connectivity index (χ0v) is 9.51. The van der Waals surface area contributed by atoms with E-state index in [0.29, 0.717) is 0 Å². The third-order valence-electron chi connectivity index (χ3n) is 2.60. The molecule has 0 bridgehead atoms. The maximum atomic E-state index is 12.8. The van der Waals surface area contributed by atoms with E-state index in [2.05, 4.69) is 4.98 Å². The smallest absolute Gasteiger partial charge is 0.123 e. The van der Waals surface area contributed by atoms with Gasteiger partial charge in [0, 0.05) is 24.8 Å². The maximum Gasteiger partial charge on any atom is 0.123 e. The molecule has 2 radical (unpaired) electrons. The number of hydrogen-bond donors (Lipinski definition) is 0. The van der Waals surface area contributed by atoms with E-state index in [4.69, 9.17) is 5.73 Å². The number of benzene rings is 1. The van der Waals surface area contributed by atoms with Gasteiger partial charge in [0.15, 0.2) is 0 Å². The van der Waals surface area contributed by atoms with Crippen molar-refractivity contribution in [3.63, 3.8) is 0 Å². The van der Waals surface area contributed by atoms with Gasteiger partial charge in [0.05, 0.1) is 12.0 Å². The van der Waals surface area contributed by atoms with Gasteiger partial charge in [-0.05, 0) is 37.1 Å². The number of nitrogens with zero attached hydrogens (tertiary/aromatic N) is 3. The van der Waals surface area contributed by atoms with Crippen LogP contribution < -0.4 is 5.73 Å². The molecule has 88 valence electrons. The Morgan fingerprint density at radius 3 is 2.65 bits per heavy atom. The van der Waals surface area contributed by atoms with Gasteiger partial charge in [-0.1, -0.05) is 0 Å². The molecule has 0 unspecified atom stereocenters. The van der Waals surface area contributed by atoms with Crippen molar-refractivity contribution in [2.24, 2.45) is 0 Å². The normalized spacial score (nSPS) is 10.7. The Kier molecular flexibility index (Phi) is 3.88. The summed E-state index contributed by atoms with van der Waals surface area (Å²) in [5, 5.41) is 0. The molecule has 1 aromatic heterocycles. The molecule has 2 aromatic rings. The summed E-state index contributed by atoms with van der Waals surface area (Å²) in [6, 6.07) is 6.30. The molecule has 0 aliphatic carbocycles. The van der Waals surface area contributed by atoms with E-state index < -0.39 is 0 Å². The molecule has 0 aliphatic heterocycles. The largest absolute Gasteiger partial charge is 0.337 e. The van der Waals surface area contributed by atoms with Crippen LogP contribution in [0.15, 0.2) is 36.8 Å². The molecule has 0 spiro atoms. The molecule has 17 heavy (non-hydrogen) atoms. The van der Waals surface area contributed by atoms with E-state index in [1.54, 1.807) is 18.5 Å². The molecule has 0 amide bonds. The first-order chi connectivity index (χ1) is 8.29. The van der Waals surface area contributed by atoms with E-state index in [1.807, 2.05) is 10.8 Å². The third-order valence-corrected chi connectivity index (χ3v) is 2.60. The Labute approximate surface area is 100 Å². The lowest BCUT2D eigenvalue weighted by Crippen LogP contribution is -1.96. The summed E-state index contributed by atoms with van der Waals surface area (Å²) < 4.78 is 14.7. The second kappa shape index (κ2) is 5.59. The summed E-state index contributed by atoms with van der Waals surface area (Å²) in [5.74, 6) is -0.240. The Balaban J connectivity index is 2.04. The first kappa shape index (κ1) is 11.8. The Hall–Kier alpha value is -1.68. The van der Waals surface area contributed by atoms with Gasteiger partial charge in [-0.3, -0.25) is 0 Å². The molecule has 2 rings (SSSR count). The molecule has 1 aromatic carbocycles. The predicted octanol–water partition coefficient (Wildman–Crippen LogP) is 2.54. The van der Waals surface area contributed by atoms with Crippen LogP contribution in [0.1, 0.15) is 12.8 Å². The van der Waals surface area contributed by atoms with Crippen molar-refractivity contribution in [1.82, 2.24) is 15.3 Å². The summed E-state index contributed by atoms with van der Waals surface area (Å²) >= 11 is 0. The molecule has 4 heteroatoms. The minimum absolute atomic E-state index is 0.222. The van der Waals surface area contributed by atoms with Crippen molar-refractivity contribution in [3.8, 4) is 11.3 Å². The summed E-state index contributed by atoms with van der Waals surface area (Å²) in [7, 11) is 0. The lowest BCUT2D eigenvalue weighted by molar-refractivity contribution is 0.611. The lowest BCUT2D eigenvalue weighted by Gasteiger charge is -1.99. The van der Waals surface area contributed by atoms with Crippen LogP contribution in [0.25, 0.3) is 11.3 Å². The lowest BCUT2D eigenvalue weighted by atomic mass is 10.2. The summed E-state index contributed by atoms with van der Waals surface area (Å²) in [4.78, 5) is 4.27. The molecule has 0 saturated heterocycles. The predicted molar refractivity (Wildman–Crippen MR) is 63.9 cm³/mol. The van der Waals surface area contributed by atoms with Crippen LogP contribution in [0, 0.1) is 5.82 Å². The van der Waals surface area contributed by atoms with E-state index >= 15 is 0 Å². The van der Waals surface area contributed by atoms with Crippen molar-refractivity contribution in [2.75, 3.05) is 6.54 Å². The highest BCUT2D eigenvalue weighted by atomic mass is 19.1. The molecule has 0 N–H and O–H groups in total. The topological polar surface area (TPSA) is 40.1 Å². The van der Waals surface area contributed by atoms with E-state index in [-0.39, 0.29) is 12.4 Å². The molecular formula is C13H14FN3. The number of hydrogen-bond acceptors (Lipinski definition) is 1. The first-order valence-electron chi connectivity index (χ1n) is 5.68. The summed E-state index contributed by atoms with van der Waals surface area (Å²) in [6.07, 6.45) is 5.42. The van der Waals surface area contributed by atoms with Crippen molar-refractivity contribution in [2.45, 2.75) is 19.4 Å². The number of aromatic nitrogens is 2. The number of aryl methyl sites for hydroxylation is 1. The van der Waals surface area contributed by atoms with Crippen LogP contribution >= 0.6 is 0 Å².